The van der Waals surface area contributed by atoms with Crippen LogP contribution in [0.3, 0.4) is 0 Å². The Morgan fingerprint density at radius 3 is 2.06 bits per heavy atom. The maximum absolute atomic E-state index is 3.30. The van der Waals surface area contributed by atoms with Gasteiger partial charge in [0.15, 0.2) is 0 Å². The summed E-state index contributed by atoms with van der Waals surface area (Å²) in [7, 11) is 6.17. The second kappa shape index (κ2) is 6.02. The van der Waals surface area contributed by atoms with Crippen LogP contribution >= 0.6 is 0 Å². The van der Waals surface area contributed by atoms with Crippen molar-refractivity contribution in [2.24, 2.45) is 5.92 Å². The Bertz CT molecular complexity index is 301. The summed E-state index contributed by atoms with van der Waals surface area (Å²) in [5.41, 5.74) is 2.74. The normalized spacial score (nSPS) is 13.4. The molecule has 0 saturated heterocycles. The molecule has 0 spiro atoms. The Morgan fingerprint density at radius 1 is 1.12 bits per heavy atom. The minimum atomic E-state index is 0.299. The highest BCUT2D eigenvalue weighted by atomic mass is 15.2. The zero-order valence-electron chi connectivity index (χ0n) is 11.1. The van der Waals surface area contributed by atoms with Crippen LogP contribution in [0.4, 0.5) is 0 Å². The van der Waals surface area contributed by atoms with Gasteiger partial charge in [-0.05, 0) is 44.6 Å². The van der Waals surface area contributed by atoms with E-state index in [1.165, 1.54) is 11.1 Å². The quantitative estimate of drug-likeness (QED) is 0.768. The van der Waals surface area contributed by atoms with E-state index in [4.69, 9.17) is 0 Å². The van der Waals surface area contributed by atoms with Crippen molar-refractivity contribution < 1.29 is 0 Å². The number of hydrogen-bond acceptors (Lipinski definition) is 2. The summed E-state index contributed by atoms with van der Waals surface area (Å²) in [6.45, 7) is 4.51. The van der Waals surface area contributed by atoms with Gasteiger partial charge in [-0.1, -0.05) is 38.1 Å². The van der Waals surface area contributed by atoms with Crippen LogP contribution in [0.25, 0.3) is 0 Å². The van der Waals surface area contributed by atoms with Crippen LogP contribution in [0.15, 0.2) is 24.3 Å². The summed E-state index contributed by atoms with van der Waals surface area (Å²) in [5.74, 6) is 0.722. The van der Waals surface area contributed by atoms with Crippen LogP contribution in [-0.4, -0.2) is 26.0 Å². The van der Waals surface area contributed by atoms with Gasteiger partial charge in [-0.25, -0.2) is 0 Å². The van der Waals surface area contributed by atoms with Crippen molar-refractivity contribution in [1.29, 1.82) is 0 Å². The summed E-state index contributed by atoms with van der Waals surface area (Å²) >= 11 is 0. The van der Waals surface area contributed by atoms with Gasteiger partial charge in [-0.3, -0.25) is 4.90 Å². The van der Waals surface area contributed by atoms with Gasteiger partial charge in [-0.15, -0.1) is 0 Å². The van der Waals surface area contributed by atoms with Gasteiger partial charge in [0.25, 0.3) is 0 Å². The molecule has 1 aromatic rings. The van der Waals surface area contributed by atoms with Crippen LogP contribution in [0.1, 0.15) is 31.1 Å². The monoisotopic (exact) mass is 220 g/mol. The fourth-order valence-electron chi connectivity index (χ4n) is 2.03. The molecule has 0 aromatic heterocycles. The second-order valence-corrected chi connectivity index (χ2v) is 4.99. The molecule has 2 nitrogen and oxygen atoms in total. The molecule has 1 N–H and O–H groups in total. The van der Waals surface area contributed by atoms with Crippen molar-refractivity contribution in [3.63, 3.8) is 0 Å². The van der Waals surface area contributed by atoms with E-state index in [1.807, 2.05) is 7.05 Å². The molecule has 0 radical (unpaired) electrons. The third kappa shape index (κ3) is 3.62. The standard InChI is InChI=1S/C14H24N2/c1-11(2)10-12-6-8-13(9-7-12)14(15-3)16(4)5/h6-9,11,14-15H,10H2,1-5H3. The summed E-state index contributed by atoms with van der Waals surface area (Å²) in [4.78, 5) is 2.18. The minimum Gasteiger partial charge on any atom is -0.301 e. The molecule has 0 aliphatic rings. The number of nitrogens with one attached hydrogen (secondary N) is 1. The maximum Gasteiger partial charge on any atom is 0.0853 e. The predicted molar refractivity (Wildman–Crippen MR) is 70.5 cm³/mol. The lowest BCUT2D eigenvalue weighted by molar-refractivity contribution is 0.264. The summed E-state index contributed by atoms with van der Waals surface area (Å²) in [6.07, 6.45) is 1.46. The summed E-state index contributed by atoms with van der Waals surface area (Å²) < 4.78 is 0. The first-order valence-corrected chi connectivity index (χ1v) is 5.97. The molecule has 0 heterocycles. The van der Waals surface area contributed by atoms with E-state index in [-0.39, 0.29) is 0 Å². The molecule has 0 fully saturated rings. The molecule has 1 unspecified atom stereocenters. The van der Waals surface area contributed by atoms with Crippen LogP contribution in [0.2, 0.25) is 0 Å². The van der Waals surface area contributed by atoms with E-state index >= 15 is 0 Å². The van der Waals surface area contributed by atoms with Gasteiger partial charge in [-0.2, -0.15) is 0 Å². The van der Waals surface area contributed by atoms with Crippen molar-refractivity contribution in [3.05, 3.63) is 35.4 Å². The van der Waals surface area contributed by atoms with E-state index < -0.39 is 0 Å². The molecule has 0 bridgehead atoms. The zero-order chi connectivity index (χ0) is 12.1. The van der Waals surface area contributed by atoms with E-state index in [1.54, 1.807) is 0 Å². The van der Waals surface area contributed by atoms with Crippen molar-refractivity contribution in [3.8, 4) is 0 Å². The average Bonchev–Trinajstić information content (AvgIpc) is 2.20. The Morgan fingerprint density at radius 2 is 1.69 bits per heavy atom. The molecule has 16 heavy (non-hydrogen) atoms. The molecule has 0 aliphatic heterocycles. The van der Waals surface area contributed by atoms with Gasteiger partial charge >= 0.3 is 0 Å². The van der Waals surface area contributed by atoms with Crippen molar-refractivity contribution >= 4 is 0 Å². The molecule has 1 atom stereocenters. The number of hydrogen-bond donors (Lipinski definition) is 1. The predicted octanol–water partition coefficient (Wildman–Crippen LogP) is 2.66. The molecular weight excluding hydrogens is 196 g/mol. The van der Waals surface area contributed by atoms with Gasteiger partial charge in [0, 0.05) is 0 Å². The highest BCUT2D eigenvalue weighted by Gasteiger charge is 2.10. The van der Waals surface area contributed by atoms with Crippen LogP contribution in [0, 0.1) is 5.92 Å². The molecule has 1 aromatic carbocycles. The summed E-state index contributed by atoms with van der Waals surface area (Å²) in [6, 6.07) is 8.92. The largest absolute Gasteiger partial charge is 0.301 e. The van der Waals surface area contributed by atoms with Gasteiger partial charge in [0.05, 0.1) is 6.17 Å². The lowest BCUT2D eigenvalue weighted by Crippen LogP contribution is -2.30. The Balaban J connectivity index is 2.77. The van der Waals surface area contributed by atoms with Crippen LogP contribution < -0.4 is 5.32 Å². The smallest absolute Gasteiger partial charge is 0.0853 e. The maximum atomic E-state index is 3.30. The van der Waals surface area contributed by atoms with E-state index in [0.29, 0.717) is 6.17 Å². The van der Waals surface area contributed by atoms with Gasteiger partial charge < -0.3 is 5.32 Å². The summed E-state index contributed by atoms with van der Waals surface area (Å²) in [5, 5.41) is 3.30. The Labute approximate surface area is 99.7 Å². The fraction of sp³-hybridized carbons (Fsp3) is 0.571. The van der Waals surface area contributed by atoms with Gasteiger partial charge in [0.2, 0.25) is 0 Å². The molecule has 0 amide bonds. The zero-order valence-corrected chi connectivity index (χ0v) is 11.1. The van der Waals surface area contributed by atoms with Crippen molar-refractivity contribution in [2.75, 3.05) is 21.1 Å². The number of nitrogens with zero attached hydrogens (tertiary/aromatic N) is 1. The first-order valence-electron chi connectivity index (χ1n) is 5.97. The van der Waals surface area contributed by atoms with Crippen molar-refractivity contribution in [1.82, 2.24) is 10.2 Å². The van der Waals surface area contributed by atoms with Crippen LogP contribution in [-0.2, 0) is 6.42 Å². The topological polar surface area (TPSA) is 15.3 Å². The minimum absolute atomic E-state index is 0.299. The molecule has 0 aliphatic carbocycles. The Kier molecular flexibility index (Phi) is 4.97. The van der Waals surface area contributed by atoms with E-state index in [2.05, 4.69) is 62.4 Å². The molecular formula is C14H24N2. The second-order valence-electron chi connectivity index (χ2n) is 4.99. The molecule has 90 valence electrons. The fourth-order valence-corrected chi connectivity index (χ4v) is 2.03. The Hall–Kier alpha value is -0.860. The van der Waals surface area contributed by atoms with Gasteiger partial charge in [0.1, 0.15) is 0 Å². The number of rotatable bonds is 5. The third-order valence-electron chi connectivity index (χ3n) is 2.73. The molecule has 2 heteroatoms. The lowest BCUT2D eigenvalue weighted by Gasteiger charge is -2.24. The highest BCUT2D eigenvalue weighted by molar-refractivity contribution is 5.25. The first-order chi connectivity index (χ1) is 7.54. The molecule has 1 rings (SSSR count). The third-order valence-corrected chi connectivity index (χ3v) is 2.73. The number of benzene rings is 1. The highest BCUT2D eigenvalue weighted by Crippen LogP contribution is 2.16. The van der Waals surface area contributed by atoms with E-state index in [0.717, 1.165) is 12.3 Å². The first kappa shape index (κ1) is 13.2. The average molecular weight is 220 g/mol. The molecule has 0 saturated carbocycles. The lowest BCUT2D eigenvalue weighted by atomic mass is 10.0. The SMILES string of the molecule is CNC(c1ccc(CC(C)C)cc1)N(C)C. The van der Waals surface area contributed by atoms with Crippen molar-refractivity contribution in [2.45, 2.75) is 26.4 Å². The van der Waals surface area contributed by atoms with E-state index in [9.17, 15) is 0 Å². The van der Waals surface area contributed by atoms with Crippen LogP contribution in [0.5, 0.6) is 0 Å².